The number of pyridine rings is 1. The van der Waals surface area contributed by atoms with Crippen molar-refractivity contribution in [1.29, 1.82) is 0 Å². The van der Waals surface area contributed by atoms with Crippen molar-refractivity contribution in [2.24, 2.45) is 5.73 Å². The van der Waals surface area contributed by atoms with E-state index in [1.54, 1.807) is 18.3 Å². The monoisotopic (exact) mass is 265 g/mol. The lowest BCUT2D eigenvalue weighted by molar-refractivity contribution is 0.476. The maximum atomic E-state index is 9.65. The molecule has 0 aliphatic rings. The van der Waals surface area contributed by atoms with Crippen LogP contribution in [0.3, 0.4) is 0 Å². The van der Waals surface area contributed by atoms with E-state index in [1.165, 1.54) is 0 Å². The molecule has 0 aliphatic carbocycles. The van der Waals surface area contributed by atoms with E-state index >= 15 is 0 Å². The lowest BCUT2D eigenvalue weighted by Gasteiger charge is -2.12. The number of para-hydroxylation sites is 1. The van der Waals surface area contributed by atoms with E-state index in [0.29, 0.717) is 12.4 Å². The zero-order valence-corrected chi connectivity index (χ0v) is 10.9. The van der Waals surface area contributed by atoms with Crippen LogP contribution in [0.5, 0.6) is 5.75 Å². The van der Waals surface area contributed by atoms with Gasteiger partial charge < -0.3 is 16.2 Å². The Morgan fingerprint density at radius 3 is 2.80 bits per heavy atom. The van der Waals surface area contributed by atoms with Crippen molar-refractivity contribution in [2.45, 2.75) is 6.54 Å². The number of hydrogen-bond donors (Lipinski definition) is 3. The molecule has 0 saturated heterocycles. The number of nitrogens with two attached hydrogens (primary N) is 1. The summed E-state index contributed by atoms with van der Waals surface area (Å²) in [5.74, 6) is 0.931. The number of anilines is 2. The molecule has 0 radical (unpaired) electrons. The van der Waals surface area contributed by atoms with E-state index in [-0.39, 0.29) is 5.75 Å². The smallest absolute Gasteiger partial charge is 0.138 e. The van der Waals surface area contributed by atoms with E-state index < -0.39 is 0 Å². The number of phenolic OH excluding ortho intramolecular Hbond substituents is 1. The molecule has 100 valence electrons. The Kier molecular flexibility index (Phi) is 3.23. The molecule has 0 unspecified atom stereocenters. The zero-order valence-electron chi connectivity index (χ0n) is 10.9. The number of phenols is 1. The van der Waals surface area contributed by atoms with Gasteiger partial charge >= 0.3 is 0 Å². The van der Waals surface area contributed by atoms with Gasteiger partial charge in [-0.25, -0.2) is 4.98 Å². The van der Waals surface area contributed by atoms with Crippen molar-refractivity contribution in [3.05, 3.63) is 60.3 Å². The fourth-order valence-electron chi connectivity index (χ4n) is 2.20. The molecular weight excluding hydrogens is 250 g/mol. The predicted molar refractivity (Wildman–Crippen MR) is 81.0 cm³/mol. The summed E-state index contributed by atoms with van der Waals surface area (Å²) in [5.41, 5.74) is 7.69. The highest BCUT2D eigenvalue weighted by Crippen LogP contribution is 2.28. The summed E-state index contributed by atoms with van der Waals surface area (Å²) in [6.45, 7) is 0.458. The average Bonchev–Trinajstić information content (AvgIpc) is 2.48. The molecule has 0 fully saturated rings. The molecule has 4 nitrogen and oxygen atoms in total. The van der Waals surface area contributed by atoms with Crippen LogP contribution in [0.25, 0.3) is 10.8 Å². The van der Waals surface area contributed by atoms with E-state index in [4.69, 9.17) is 5.73 Å². The van der Waals surface area contributed by atoms with Gasteiger partial charge in [0.15, 0.2) is 0 Å². The molecule has 1 heterocycles. The molecule has 0 atom stereocenters. The third-order valence-electron chi connectivity index (χ3n) is 3.24. The first-order valence-corrected chi connectivity index (χ1v) is 6.40. The van der Waals surface area contributed by atoms with Gasteiger partial charge in [-0.05, 0) is 35.2 Å². The minimum Gasteiger partial charge on any atom is -0.508 e. The standard InChI is InChI=1S/C16H15N3O/c17-10-12-3-1-2-4-15(12)19-16-14-9-13(20)6-5-11(14)7-8-18-16/h1-9,20H,10,17H2,(H,18,19). The zero-order chi connectivity index (χ0) is 13.9. The third kappa shape index (κ3) is 2.29. The number of nitrogens with one attached hydrogen (secondary N) is 1. The fraction of sp³-hybridized carbons (Fsp3) is 0.0625. The summed E-state index contributed by atoms with van der Waals surface area (Å²) in [6.07, 6.45) is 1.74. The minimum atomic E-state index is 0.223. The Labute approximate surface area is 116 Å². The molecule has 2 aromatic carbocycles. The summed E-state index contributed by atoms with van der Waals surface area (Å²) < 4.78 is 0. The highest BCUT2D eigenvalue weighted by atomic mass is 16.3. The van der Waals surface area contributed by atoms with Crippen molar-refractivity contribution in [3.63, 3.8) is 0 Å². The first kappa shape index (κ1) is 12.4. The van der Waals surface area contributed by atoms with Crippen molar-refractivity contribution in [1.82, 2.24) is 4.98 Å². The molecule has 0 saturated carbocycles. The maximum Gasteiger partial charge on any atom is 0.138 e. The molecule has 0 spiro atoms. The van der Waals surface area contributed by atoms with Crippen LogP contribution in [0.1, 0.15) is 5.56 Å². The molecule has 3 aromatic rings. The van der Waals surface area contributed by atoms with Gasteiger partial charge in [-0.2, -0.15) is 0 Å². The number of aromatic nitrogens is 1. The van der Waals surface area contributed by atoms with Gasteiger partial charge in [-0.15, -0.1) is 0 Å². The first-order valence-electron chi connectivity index (χ1n) is 6.40. The van der Waals surface area contributed by atoms with E-state index in [1.807, 2.05) is 36.4 Å². The van der Waals surface area contributed by atoms with Crippen LogP contribution >= 0.6 is 0 Å². The molecule has 0 amide bonds. The van der Waals surface area contributed by atoms with Crippen LogP contribution in [0.2, 0.25) is 0 Å². The minimum absolute atomic E-state index is 0.223. The number of fused-ring (bicyclic) bond motifs is 1. The Hall–Kier alpha value is -2.59. The molecule has 4 heteroatoms. The molecule has 0 aliphatic heterocycles. The lowest BCUT2D eigenvalue weighted by Crippen LogP contribution is -2.02. The number of aromatic hydroxyl groups is 1. The Bertz CT molecular complexity index is 756. The maximum absolute atomic E-state index is 9.65. The summed E-state index contributed by atoms with van der Waals surface area (Å²) >= 11 is 0. The molecule has 20 heavy (non-hydrogen) atoms. The molecule has 1 aromatic heterocycles. The normalized spacial score (nSPS) is 10.7. The largest absolute Gasteiger partial charge is 0.508 e. The second kappa shape index (κ2) is 5.19. The molecule has 3 rings (SSSR count). The van der Waals surface area contributed by atoms with Crippen molar-refractivity contribution < 1.29 is 5.11 Å². The summed E-state index contributed by atoms with van der Waals surface area (Å²) in [4.78, 5) is 4.36. The van der Waals surface area contributed by atoms with Gasteiger partial charge in [0.25, 0.3) is 0 Å². The predicted octanol–water partition coefficient (Wildman–Crippen LogP) is 3.14. The molecule has 4 N–H and O–H groups in total. The number of nitrogens with zero attached hydrogens (tertiary/aromatic N) is 1. The van der Waals surface area contributed by atoms with Crippen LogP contribution in [-0.4, -0.2) is 10.1 Å². The quantitative estimate of drug-likeness (QED) is 0.680. The topological polar surface area (TPSA) is 71.2 Å². The summed E-state index contributed by atoms with van der Waals surface area (Å²) in [6, 6.07) is 15.0. The van der Waals surface area contributed by atoms with Crippen molar-refractivity contribution >= 4 is 22.3 Å². The summed E-state index contributed by atoms with van der Waals surface area (Å²) in [5, 5.41) is 14.8. The van der Waals surface area contributed by atoms with E-state index in [0.717, 1.165) is 22.0 Å². The van der Waals surface area contributed by atoms with E-state index in [2.05, 4.69) is 10.3 Å². The Morgan fingerprint density at radius 1 is 1.10 bits per heavy atom. The SMILES string of the molecule is NCc1ccccc1Nc1nccc2ccc(O)cc12. The first-order chi connectivity index (χ1) is 9.78. The van der Waals surface area contributed by atoms with Crippen molar-refractivity contribution in [2.75, 3.05) is 5.32 Å². The van der Waals surface area contributed by atoms with Gasteiger partial charge in [0, 0.05) is 23.8 Å². The number of rotatable bonds is 3. The van der Waals surface area contributed by atoms with Crippen LogP contribution < -0.4 is 11.1 Å². The van der Waals surface area contributed by atoms with Gasteiger partial charge in [-0.3, -0.25) is 0 Å². The second-order valence-corrected chi connectivity index (χ2v) is 4.55. The molecular formula is C16H15N3O. The van der Waals surface area contributed by atoms with Crippen molar-refractivity contribution in [3.8, 4) is 5.75 Å². The van der Waals surface area contributed by atoms with Gasteiger partial charge in [0.05, 0.1) is 0 Å². The van der Waals surface area contributed by atoms with Crippen LogP contribution in [0, 0.1) is 0 Å². The Balaban J connectivity index is 2.08. The third-order valence-corrected chi connectivity index (χ3v) is 3.24. The average molecular weight is 265 g/mol. The van der Waals surface area contributed by atoms with E-state index in [9.17, 15) is 5.11 Å². The van der Waals surface area contributed by atoms with Gasteiger partial charge in [-0.1, -0.05) is 24.3 Å². The fourth-order valence-corrected chi connectivity index (χ4v) is 2.20. The van der Waals surface area contributed by atoms with Gasteiger partial charge in [0.2, 0.25) is 0 Å². The van der Waals surface area contributed by atoms with Crippen LogP contribution in [-0.2, 0) is 6.54 Å². The number of hydrogen-bond acceptors (Lipinski definition) is 4. The van der Waals surface area contributed by atoms with Gasteiger partial charge in [0.1, 0.15) is 11.6 Å². The highest BCUT2D eigenvalue weighted by molar-refractivity contribution is 5.94. The van der Waals surface area contributed by atoms with Crippen LogP contribution in [0.15, 0.2) is 54.7 Å². The van der Waals surface area contributed by atoms with Crippen LogP contribution in [0.4, 0.5) is 11.5 Å². The lowest BCUT2D eigenvalue weighted by atomic mass is 10.1. The highest BCUT2D eigenvalue weighted by Gasteiger charge is 2.06. The molecule has 0 bridgehead atoms. The second-order valence-electron chi connectivity index (χ2n) is 4.55. The number of benzene rings is 2. The Morgan fingerprint density at radius 2 is 1.95 bits per heavy atom. The summed E-state index contributed by atoms with van der Waals surface area (Å²) in [7, 11) is 0.